The van der Waals surface area contributed by atoms with E-state index < -0.39 is 5.60 Å². The van der Waals surface area contributed by atoms with E-state index in [1.54, 1.807) is 0 Å². The number of hydrogen-bond donors (Lipinski definition) is 1. The minimum Gasteiger partial charge on any atom is -0.381 e. The molecule has 1 saturated carbocycles. The summed E-state index contributed by atoms with van der Waals surface area (Å²) in [7, 11) is 0. The van der Waals surface area contributed by atoms with Crippen LogP contribution in [-0.2, 0) is 5.60 Å². The second-order valence-electron chi connectivity index (χ2n) is 5.83. The quantitative estimate of drug-likeness (QED) is 0.842. The van der Waals surface area contributed by atoms with Crippen molar-refractivity contribution in [3.63, 3.8) is 0 Å². The minimum absolute atomic E-state index is 0.738. The molecule has 0 bridgehead atoms. The van der Waals surface area contributed by atoms with E-state index >= 15 is 0 Å². The van der Waals surface area contributed by atoms with Gasteiger partial charge in [-0.05, 0) is 54.5 Å². The minimum atomic E-state index is -0.946. The summed E-state index contributed by atoms with van der Waals surface area (Å²) in [6.45, 7) is 1.86. The Hall–Kier alpha value is -1.12. The molecule has 1 N–H and O–H groups in total. The van der Waals surface area contributed by atoms with Crippen LogP contribution in [0.15, 0.2) is 53.0 Å². The first-order valence-electron chi connectivity index (χ1n) is 7.16. The zero-order chi connectivity index (χ0) is 14.2. The first-order valence-corrected chi connectivity index (χ1v) is 7.95. The molecular formula is C18H19BrO. The van der Waals surface area contributed by atoms with Gasteiger partial charge in [0.25, 0.3) is 0 Å². The van der Waals surface area contributed by atoms with E-state index in [2.05, 4.69) is 40.2 Å². The summed E-state index contributed by atoms with van der Waals surface area (Å²) in [6, 6.07) is 16.3. The van der Waals surface area contributed by atoms with Crippen molar-refractivity contribution in [2.24, 2.45) is 0 Å². The van der Waals surface area contributed by atoms with Crippen LogP contribution in [0.3, 0.4) is 0 Å². The summed E-state index contributed by atoms with van der Waals surface area (Å²) in [5, 5.41) is 10.8. The fourth-order valence-electron chi connectivity index (χ4n) is 2.76. The van der Waals surface area contributed by atoms with Crippen molar-refractivity contribution in [3.8, 4) is 0 Å². The molecule has 1 aliphatic rings. The van der Waals surface area contributed by atoms with E-state index in [1.807, 2.05) is 31.2 Å². The maximum atomic E-state index is 10.8. The fraction of sp³-hybridized carbons (Fsp3) is 0.333. The number of hydrogen-bond acceptors (Lipinski definition) is 1. The van der Waals surface area contributed by atoms with E-state index in [-0.39, 0.29) is 0 Å². The zero-order valence-electron chi connectivity index (χ0n) is 11.6. The highest BCUT2D eigenvalue weighted by atomic mass is 79.9. The van der Waals surface area contributed by atoms with Crippen molar-refractivity contribution in [1.29, 1.82) is 0 Å². The predicted octanol–water partition coefficient (Wildman–Crippen LogP) is 4.97. The summed E-state index contributed by atoms with van der Waals surface area (Å²) >= 11 is 3.43. The molecule has 20 heavy (non-hydrogen) atoms. The maximum absolute atomic E-state index is 10.8. The van der Waals surface area contributed by atoms with Gasteiger partial charge in [-0.2, -0.15) is 0 Å². The average Bonchev–Trinajstić information content (AvgIpc) is 2.38. The molecule has 0 spiro atoms. The van der Waals surface area contributed by atoms with Gasteiger partial charge in [-0.3, -0.25) is 0 Å². The molecule has 1 fully saturated rings. The molecule has 1 atom stereocenters. The normalized spacial score (nSPS) is 18.4. The lowest BCUT2D eigenvalue weighted by Crippen LogP contribution is -2.22. The molecule has 2 aromatic carbocycles. The molecule has 0 aromatic heterocycles. The van der Waals surface area contributed by atoms with Gasteiger partial charge in [0.2, 0.25) is 0 Å². The largest absolute Gasteiger partial charge is 0.381 e. The summed E-state index contributed by atoms with van der Waals surface area (Å²) in [5.74, 6) is 0.738. The number of halogens is 1. The maximum Gasteiger partial charge on any atom is 0.112 e. The fourth-order valence-corrected chi connectivity index (χ4v) is 3.03. The molecule has 1 nitrogen and oxygen atoms in total. The molecule has 0 amide bonds. The van der Waals surface area contributed by atoms with Crippen molar-refractivity contribution >= 4 is 15.9 Å². The van der Waals surface area contributed by atoms with Gasteiger partial charge in [0, 0.05) is 4.47 Å². The van der Waals surface area contributed by atoms with Crippen LogP contribution in [0, 0.1) is 0 Å². The average molecular weight is 331 g/mol. The Labute approximate surface area is 128 Å². The van der Waals surface area contributed by atoms with Gasteiger partial charge in [0.15, 0.2) is 0 Å². The second kappa shape index (κ2) is 5.34. The van der Waals surface area contributed by atoms with Gasteiger partial charge in [0.05, 0.1) is 0 Å². The van der Waals surface area contributed by atoms with E-state index in [4.69, 9.17) is 0 Å². The van der Waals surface area contributed by atoms with Gasteiger partial charge in [-0.25, -0.2) is 0 Å². The summed E-state index contributed by atoms with van der Waals surface area (Å²) in [5.41, 5.74) is 2.32. The van der Waals surface area contributed by atoms with Gasteiger partial charge >= 0.3 is 0 Å². The molecule has 0 heterocycles. The third kappa shape index (κ3) is 2.55. The van der Waals surface area contributed by atoms with Crippen LogP contribution in [-0.4, -0.2) is 5.11 Å². The van der Waals surface area contributed by atoms with E-state index in [0.717, 1.165) is 21.5 Å². The Balaban J connectivity index is 1.88. The Bertz CT molecular complexity index is 580. The van der Waals surface area contributed by atoms with Crippen LogP contribution in [0.2, 0.25) is 0 Å². The van der Waals surface area contributed by atoms with Crippen molar-refractivity contribution in [1.82, 2.24) is 0 Å². The molecule has 2 heteroatoms. The van der Waals surface area contributed by atoms with Gasteiger partial charge < -0.3 is 5.11 Å². The van der Waals surface area contributed by atoms with Crippen LogP contribution < -0.4 is 0 Å². The number of rotatable bonds is 3. The Morgan fingerprint density at radius 3 is 1.90 bits per heavy atom. The summed E-state index contributed by atoms with van der Waals surface area (Å²) < 4.78 is 1.03. The molecular weight excluding hydrogens is 312 g/mol. The van der Waals surface area contributed by atoms with Crippen molar-refractivity contribution in [2.75, 3.05) is 0 Å². The third-order valence-corrected chi connectivity index (χ3v) is 4.98. The second-order valence-corrected chi connectivity index (χ2v) is 6.74. The van der Waals surface area contributed by atoms with Gasteiger partial charge in [-0.1, -0.05) is 58.7 Å². The zero-order valence-corrected chi connectivity index (χ0v) is 13.2. The standard InChI is InChI=1S/C18H19BrO/c1-18(20,16-9-11-17(19)12-10-16)15-7-5-14(6-8-15)13-3-2-4-13/h5-13,20H,2-4H2,1H3. The lowest BCUT2D eigenvalue weighted by Gasteiger charge is -2.28. The van der Waals surface area contributed by atoms with Crippen LogP contribution >= 0.6 is 15.9 Å². The topological polar surface area (TPSA) is 20.2 Å². The monoisotopic (exact) mass is 330 g/mol. The lowest BCUT2D eigenvalue weighted by molar-refractivity contribution is 0.102. The number of aliphatic hydroxyl groups is 1. The lowest BCUT2D eigenvalue weighted by atomic mass is 9.79. The van der Waals surface area contributed by atoms with Gasteiger partial charge in [0.1, 0.15) is 5.60 Å². The van der Waals surface area contributed by atoms with Crippen LogP contribution in [0.4, 0.5) is 0 Å². The molecule has 1 aliphatic carbocycles. The number of benzene rings is 2. The van der Waals surface area contributed by atoms with Crippen LogP contribution in [0.1, 0.15) is 48.8 Å². The highest BCUT2D eigenvalue weighted by Gasteiger charge is 2.26. The molecule has 0 radical (unpaired) electrons. The Kier molecular flexibility index (Phi) is 3.70. The summed E-state index contributed by atoms with van der Waals surface area (Å²) in [4.78, 5) is 0. The smallest absolute Gasteiger partial charge is 0.112 e. The molecule has 3 rings (SSSR count). The SMILES string of the molecule is CC(O)(c1ccc(Br)cc1)c1ccc(C2CCC2)cc1. The molecule has 0 aliphatic heterocycles. The Morgan fingerprint density at radius 2 is 1.45 bits per heavy atom. The van der Waals surface area contributed by atoms with Crippen LogP contribution in [0.25, 0.3) is 0 Å². The molecule has 2 aromatic rings. The van der Waals surface area contributed by atoms with E-state index in [9.17, 15) is 5.11 Å². The first-order chi connectivity index (χ1) is 9.57. The van der Waals surface area contributed by atoms with Crippen molar-refractivity contribution in [2.45, 2.75) is 37.7 Å². The highest BCUT2D eigenvalue weighted by molar-refractivity contribution is 9.10. The van der Waals surface area contributed by atoms with E-state index in [1.165, 1.54) is 24.8 Å². The third-order valence-electron chi connectivity index (χ3n) is 4.46. The first kappa shape index (κ1) is 13.8. The molecule has 1 unspecified atom stereocenters. The van der Waals surface area contributed by atoms with Gasteiger partial charge in [-0.15, -0.1) is 0 Å². The molecule has 0 saturated heterocycles. The predicted molar refractivity (Wildman–Crippen MR) is 85.8 cm³/mol. The van der Waals surface area contributed by atoms with Crippen LogP contribution in [0.5, 0.6) is 0 Å². The van der Waals surface area contributed by atoms with Crippen molar-refractivity contribution in [3.05, 3.63) is 69.7 Å². The highest BCUT2D eigenvalue weighted by Crippen LogP contribution is 2.37. The summed E-state index contributed by atoms with van der Waals surface area (Å²) in [6.07, 6.45) is 3.97. The molecule has 104 valence electrons. The van der Waals surface area contributed by atoms with Crippen molar-refractivity contribution < 1.29 is 5.11 Å². The Morgan fingerprint density at radius 1 is 0.950 bits per heavy atom. The van der Waals surface area contributed by atoms with E-state index in [0.29, 0.717) is 0 Å².